The first-order valence-electron chi connectivity index (χ1n) is 9.24. The number of carbonyl (C=O) groups excluding carboxylic acids is 1. The van der Waals surface area contributed by atoms with Crippen LogP contribution in [0.4, 0.5) is 14.6 Å². The van der Waals surface area contributed by atoms with Crippen LogP contribution in [0.3, 0.4) is 0 Å². The summed E-state index contributed by atoms with van der Waals surface area (Å²) in [4.78, 5) is 25.6. The first-order chi connectivity index (χ1) is 14.8. The van der Waals surface area contributed by atoms with E-state index in [2.05, 4.69) is 20.0 Å². The fourth-order valence-corrected chi connectivity index (χ4v) is 5.75. The zero-order valence-corrected chi connectivity index (χ0v) is 18.6. The molecule has 4 heterocycles. The molecule has 8 nitrogen and oxygen atoms in total. The quantitative estimate of drug-likeness (QED) is 0.658. The van der Waals surface area contributed by atoms with Gasteiger partial charge in [-0.25, -0.2) is 15.0 Å². The Labute approximate surface area is 189 Å². The summed E-state index contributed by atoms with van der Waals surface area (Å²) < 4.78 is 34.7. The monoisotopic (exact) mass is 489 g/mol. The third kappa shape index (κ3) is 4.61. The number of carbonyl (C=O) groups is 1. The number of thiazole rings is 1. The Morgan fingerprint density at radius 3 is 3.06 bits per heavy atom. The highest BCUT2D eigenvalue weighted by molar-refractivity contribution is 8.13. The number of thioether (sulfide) groups is 1. The lowest BCUT2D eigenvalue weighted by atomic mass is 9.80. The van der Waals surface area contributed by atoms with E-state index in [1.807, 2.05) is 6.92 Å². The first kappa shape index (κ1) is 22.2. The number of nitrogens with zero attached hydrogens (tertiary/aromatic N) is 3. The highest BCUT2D eigenvalue weighted by atomic mass is 35.5. The summed E-state index contributed by atoms with van der Waals surface area (Å²) in [7, 11) is 0. The molecule has 4 rings (SSSR count). The second-order valence-corrected chi connectivity index (χ2v) is 9.42. The molecule has 0 radical (unpaired) electrons. The van der Waals surface area contributed by atoms with Gasteiger partial charge in [0.15, 0.2) is 5.17 Å². The van der Waals surface area contributed by atoms with Crippen molar-refractivity contribution < 1.29 is 23.0 Å². The van der Waals surface area contributed by atoms with Crippen LogP contribution in [0.5, 0.6) is 5.75 Å². The normalized spacial score (nSPS) is 25.6. The van der Waals surface area contributed by atoms with E-state index in [-0.39, 0.29) is 28.5 Å². The number of anilines is 1. The molecule has 1 amide bonds. The van der Waals surface area contributed by atoms with Gasteiger partial charge in [-0.05, 0) is 13.3 Å². The number of hydrogen-bond donors (Lipinski definition) is 2. The Morgan fingerprint density at radius 2 is 2.32 bits per heavy atom. The van der Waals surface area contributed by atoms with E-state index in [9.17, 15) is 13.6 Å². The number of amides is 1. The zero-order valence-electron chi connectivity index (χ0n) is 16.2. The van der Waals surface area contributed by atoms with E-state index in [0.29, 0.717) is 22.6 Å². The first-order valence-corrected chi connectivity index (χ1v) is 11.5. The molecule has 166 valence electrons. The average molecular weight is 490 g/mol. The van der Waals surface area contributed by atoms with Crippen LogP contribution in [0.1, 0.15) is 28.8 Å². The summed E-state index contributed by atoms with van der Waals surface area (Å²) in [5, 5.41) is 5.37. The number of nitrogens with two attached hydrogens (primary N) is 1. The number of pyridine rings is 1. The molecular weight excluding hydrogens is 472 g/mol. The molecular formula is C18H18ClF2N5O3S2. The lowest BCUT2D eigenvalue weighted by Crippen LogP contribution is -2.49. The number of fused-ring (bicyclic) bond motifs is 1. The topological polar surface area (TPSA) is 112 Å². The van der Waals surface area contributed by atoms with Gasteiger partial charge in [0.05, 0.1) is 23.9 Å². The third-order valence-corrected chi connectivity index (χ3v) is 7.25. The highest BCUT2D eigenvalue weighted by Crippen LogP contribution is 2.47. The lowest BCUT2D eigenvalue weighted by Gasteiger charge is -2.44. The summed E-state index contributed by atoms with van der Waals surface area (Å²) in [5.41, 5.74) is 5.19. The van der Waals surface area contributed by atoms with Gasteiger partial charge in [0.25, 0.3) is 5.91 Å². The molecule has 2 aliphatic heterocycles. The van der Waals surface area contributed by atoms with Gasteiger partial charge in [-0.3, -0.25) is 4.79 Å². The van der Waals surface area contributed by atoms with Gasteiger partial charge in [-0.1, -0.05) is 23.4 Å². The van der Waals surface area contributed by atoms with E-state index in [0.717, 1.165) is 24.4 Å². The Hall–Kier alpha value is -2.02. The molecule has 0 aromatic carbocycles. The van der Waals surface area contributed by atoms with Crippen molar-refractivity contribution in [3.8, 4) is 5.75 Å². The van der Waals surface area contributed by atoms with Crippen molar-refractivity contribution in [1.29, 1.82) is 0 Å². The number of alkyl halides is 2. The minimum atomic E-state index is -3.02. The van der Waals surface area contributed by atoms with Crippen LogP contribution in [0.25, 0.3) is 0 Å². The number of rotatable bonds is 5. The predicted octanol–water partition coefficient (Wildman–Crippen LogP) is 3.73. The van der Waals surface area contributed by atoms with E-state index in [1.165, 1.54) is 23.1 Å². The largest absolute Gasteiger partial charge is 0.433 e. The van der Waals surface area contributed by atoms with Crippen LogP contribution in [0.2, 0.25) is 5.02 Å². The smallest absolute Gasteiger partial charge is 0.387 e. The Bertz CT molecular complexity index is 1020. The maximum atomic E-state index is 12.6. The van der Waals surface area contributed by atoms with Crippen LogP contribution in [-0.2, 0) is 10.3 Å². The van der Waals surface area contributed by atoms with Crippen molar-refractivity contribution in [2.45, 2.75) is 31.6 Å². The minimum Gasteiger partial charge on any atom is -0.433 e. The van der Waals surface area contributed by atoms with E-state index in [1.54, 1.807) is 5.38 Å². The van der Waals surface area contributed by atoms with Gasteiger partial charge in [0.2, 0.25) is 0 Å². The molecule has 2 aliphatic rings. The molecule has 31 heavy (non-hydrogen) atoms. The number of nitrogens with one attached hydrogen (secondary N) is 1. The number of ether oxygens (including phenoxy) is 2. The minimum absolute atomic E-state index is 0.123. The number of halogens is 3. The van der Waals surface area contributed by atoms with Crippen molar-refractivity contribution in [2.24, 2.45) is 16.6 Å². The molecule has 1 fully saturated rings. The van der Waals surface area contributed by atoms with Crippen molar-refractivity contribution in [3.63, 3.8) is 0 Å². The maximum absolute atomic E-state index is 12.6. The van der Waals surface area contributed by atoms with E-state index >= 15 is 0 Å². The van der Waals surface area contributed by atoms with Gasteiger partial charge in [0, 0.05) is 23.1 Å². The summed E-state index contributed by atoms with van der Waals surface area (Å²) in [5.74, 6) is 0.456. The van der Waals surface area contributed by atoms with E-state index < -0.39 is 18.1 Å². The van der Waals surface area contributed by atoms with Crippen molar-refractivity contribution in [1.82, 2.24) is 9.97 Å². The van der Waals surface area contributed by atoms with Crippen molar-refractivity contribution in [3.05, 3.63) is 33.4 Å². The number of hydrogen-bond acceptors (Lipinski definition) is 9. The Kier molecular flexibility index (Phi) is 6.33. The van der Waals surface area contributed by atoms with Crippen LogP contribution in [0, 0.1) is 5.92 Å². The molecule has 3 N–H and O–H groups in total. The van der Waals surface area contributed by atoms with Gasteiger partial charge < -0.3 is 20.5 Å². The number of amidine groups is 1. The van der Waals surface area contributed by atoms with Crippen LogP contribution in [-0.4, -0.2) is 46.1 Å². The number of aliphatic imine (C=N–C) groups is 1. The molecule has 0 aliphatic carbocycles. The molecule has 2 aromatic heterocycles. The zero-order chi connectivity index (χ0) is 22.2. The molecule has 3 unspecified atom stereocenters. The van der Waals surface area contributed by atoms with Crippen molar-refractivity contribution in [2.75, 3.05) is 17.7 Å². The Morgan fingerprint density at radius 1 is 1.52 bits per heavy atom. The maximum Gasteiger partial charge on any atom is 0.387 e. The van der Waals surface area contributed by atoms with Gasteiger partial charge >= 0.3 is 6.61 Å². The van der Waals surface area contributed by atoms with E-state index in [4.69, 9.17) is 27.1 Å². The van der Waals surface area contributed by atoms with Crippen molar-refractivity contribution >= 4 is 51.6 Å². The second-order valence-electron chi connectivity index (χ2n) is 7.11. The fraction of sp³-hybridized carbons (Fsp3) is 0.444. The van der Waals surface area contributed by atoms with Gasteiger partial charge in [-0.2, -0.15) is 8.78 Å². The van der Waals surface area contributed by atoms with Gasteiger partial charge in [-0.15, -0.1) is 11.3 Å². The molecule has 0 saturated carbocycles. The summed E-state index contributed by atoms with van der Waals surface area (Å²) in [6.45, 7) is -0.631. The Balaban J connectivity index is 1.54. The second kappa shape index (κ2) is 8.85. The summed E-state index contributed by atoms with van der Waals surface area (Å²) in [6.07, 6.45) is 1.95. The van der Waals surface area contributed by atoms with Crippen LogP contribution >= 0.6 is 34.7 Å². The SMILES string of the molecule is CC1CC2CSC(N)=NC2(c2nc(NC(=O)c3ncc(OC(F)F)cc3Cl)cs2)CO1. The van der Waals surface area contributed by atoms with Crippen LogP contribution in [0.15, 0.2) is 22.6 Å². The highest BCUT2D eigenvalue weighted by Gasteiger charge is 2.49. The lowest BCUT2D eigenvalue weighted by molar-refractivity contribution is -0.0500. The van der Waals surface area contributed by atoms with Gasteiger partial charge in [0.1, 0.15) is 27.8 Å². The summed E-state index contributed by atoms with van der Waals surface area (Å²) in [6, 6.07) is 1.10. The molecule has 0 bridgehead atoms. The fourth-order valence-electron chi connectivity index (χ4n) is 3.54. The standard InChI is InChI=1S/C18H18ClF2N5O3S2/c1-8-2-9-5-31-17(22)26-18(9,7-28-8)15-25-12(6-30-15)24-14(27)13-11(19)3-10(4-23-13)29-16(20)21/h3-4,6,8-9,16H,2,5,7H2,1H3,(H2,22,26)(H,24,27). The van der Waals surface area contributed by atoms with Crippen LogP contribution < -0.4 is 15.8 Å². The molecule has 13 heteroatoms. The average Bonchev–Trinajstić information content (AvgIpc) is 3.17. The predicted molar refractivity (Wildman–Crippen MR) is 115 cm³/mol. The number of aromatic nitrogens is 2. The molecule has 3 atom stereocenters. The third-order valence-electron chi connectivity index (χ3n) is 4.99. The molecule has 0 spiro atoms. The summed E-state index contributed by atoms with van der Waals surface area (Å²) >= 11 is 8.88. The molecule has 2 aromatic rings. The molecule has 1 saturated heterocycles.